The third-order valence-corrected chi connectivity index (χ3v) is 6.91. The number of likely N-dealkylation sites (tertiary alicyclic amines) is 1. The van der Waals surface area contributed by atoms with E-state index in [0.29, 0.717) is 18.8 Å². The molecule has 1 amide bonds. The van der Waals surface area contributed by atoms with Gasteiger partial charge in [0, 0.05) is 44.6 Å². The molecule has 0 spiro atoms. The number of aryl methyl sites for hydroxylation is 1. The molecule has 0 saturated carbocycles. The minimum atomic E-state index is -0.557. The Bertz CT molecular complexity index is 1110. The van der Waals surface area contributed by atoms with Gasteiger partial charge in [-0.1, -0.05) is 24.3 Å². The first-order valence-electron chi connectivity index (χ1n) is 10.4. The van der Waals surface area contributed by atoms with E-state index < -0.39 is 6.10 Å². The SMILES string of the molecule is Cc1cc(Br)c2nc(C(=O)N3CC[C@H](N4CCc5ccccc5C4)[C@@H](O)C3)cn2c1. The standard InChI is InChI=1S/C23H25BrN4O2/c1-15-10-18(24)22-25-19(13-28(22)11-15)23(30)27-9-7-20(21(29)14-27)26-8-6-16-4-2-3-5-17(16)12-26/h2-5,10-11,13,20-21,29H,6-9,12,14H2,1H3/t20-,21-/m0/s1. The number of hydrogen-bond donors (Lipinski definition) is 1. The lowest BCUT2D eigenvalue weighted by Crippen LogP contribution is -2.56. The zero-order chi connectivity index (χ0) is 20.8. The summed E-state index contributed by atoms with van der Waals surface area (Å²) in [5.41, 5.74) is 4.99. The van der Waals surface area contributed by atoms with Gasteiger partial charge in [-0.3, -0.25) is 9.69 Å². The van der Waals surface area contributed by atoms with E-state index in [2.05, 4.69) is 50.1 Å². The van der Waals surface area contributed by atoms with E-state index in [4.69, 9.17) is 0 Å². The average molecular weight is 469 g/mol. The summed E-state index contributed by atoms with van der Waals surface area (Å²) in [6, 6.07) is 10.6. The van der Waals surface area contributed by atoms with Crippen LogP contribution in [0.1, 0.15) is 33.6 Å². The predicted octanol–water partition coefficient (Wildman–Crippen LogP) is 3.04. The highest BCUT2D eigenvalue weighted by Gasteiger charge is 2.35. The van der Waals surface area contributed by atoms with Crippen LogP contribution in [0.5, 0.6) is 0 Å². The predicted molar refractivity (Wildman–Crippen MR) is 119 cm³/mol. The summed E-state index contributed by atoms with van der Waals surface area (Å²) < 4.78 is 2.74. The number of carbonyl (C=O) groups is 1. The Morgan fingerprint density at radius 3 is 2.80 bits per heavy atom. The Morgan fingerprint density at radius 1 is 1.20 bits per heavy atom. The van der Waals surface area contributed by atoms with Crippen LogP contribution in [-0.4, -0.2) is 62.0 Å². The van der Waals surface area contributed by atoms with Gasteiger partial charge in [-0.25, -0.2) is 4.98 Å². The van der Waals surface area contributed by atoms with E-state index in [9.17, 15) is 9.90 Å². The molecule has 0 radical (unpaired) electrons. The van der Waals surface area contributed by atoms with Crippen LogP contribution >= 0.6 is 15.9 Å². The molecule has 2 aliphatic heterocycles. The lowest BCUT2D eigenvalue weighted by Gasteiger charge is -2.43. The summed E-state index contributed by atoms with van der Waals surface area (Å²) in [7, 11) is 0. The summed E-state index contributed by atoms with van der Waals surface area (Å²) in [6.07, 6.45) is 4.95. The molecule has 30 heavy (non-hydrogen) atoms. The monoisotopic (exact) mass is 468 g/mol. The molecule has 2 aliphatic rings. The maximum atomic E-state index is 13.1. The Morgan fingerprint density at radius 2 is 2.00 bits per heavy atom. The van der Waals surface area contributed by atoms with Crippen molar-refractivity contribution in [3.63, 3.8) is 0 Å². The van der Waals surface area contributed by atoms with Crippen LogP contribution in [0.3, 0.4) is 0 Å². The maximum absolute atomic E-state index is 13.1. The van der Waals surface area contributed by atoms with Gasteiger partial charge in [0.05, 0.1) is 10.6 Å². The Kier molecular flexibility index (Phi) is 5.13. The first-order chi connectivity index (χ1) is 14.5. The minimum absolute atomic E-state index is 0.0836. The normalized spacial score (nSPS) is 22.3. The van der Waals surface area contributed by atoms with Crippen LogP contribution in [0.25, 0.3) is 5.65 Å². The number of nitrogens with zero attached hydrogens (tertiary/aromatic N) is 4. The second-order valence-electron chi connectivity index (χ2n) is 8.39. The van der Waals surface area contributed by atoms with Crippen molar-refractivity contribution >= 4 is 27.5 Å². The second kappa shape index (κ2) is 7.80. The molecular weight excluding hydrogens is 444 g/mol. The smallest absolute Gasteiger partial charge is 0.274 e. The number of amides is 1. The number of halogens is 1. The van der Waals surface area contributed by atoms with Gasteiger partial charge in [0.25, 0.3) is 5.91 Å². The number of aliphatic hydroxyl groups is 1. The summed E-state index contributed by atoms with van der Waals surface area (Å²) in [6.45, 7) is 4.80. The molecule has 4 heterocycles. The number of imidazole rings is 1. The van der Waals surface area contributed by atoms with E-state index in [1.165, 1.54) is 11.1 Å². The Labute approximate surface area is 184 Å². The number of aliphatic hydroxyl groups excluding tert-OH is 1. The molecule has 0 unspecified atom stereocenters. The van der Waals surface area contributed by atoms with E-state index >= 15 is 0 Å². The van der Waals surface area contributed by atoms with Crippen molar-refractivity contribution < 1.29 is 9.90 Å². The molecule has 0 aliphatic carbocycles. The molecule has 1 saturated heterocycles. The van der Waals surface area contributed by atoms with E-state index in [-0.39, 0.29) is 11.9 Å². The van der Waals surface area contributed by atoms with Crippen LogP contribution in [-0.2, 0) is 13.0 Å². The molecule has 2 atom stereocenters. The highest BCUT2D eigenvalue weighted by Crippen LogP contribution is 2.26. The molecule has 3 aromatic rings. The molecule has 7 heteroatoms. The third-order valence-electron chi connectivity index (χ3n) is 6.32. The number of rotatable bonds is 2. The van der Waals surface area contributed by atoms with E-state index in [1.807, 2.05) is 23.6 Å². The van der Waals surface area contributed by atoms with Crippen molar-refractivity contribution in [2.24, 2.45) is 0 Å². The van der Waals surface area contributed by atoms with Gasteiger partial charge < -0.3 is 14.4 Å². The summed E-state index contributed by atoms with van der Waals surface area (Å²) in [5, 5.41) is 10.9. The fourth-order valence-corrected chi connectivity index (χ4v) is 5.44. The van der Waals surface area contributed by atoms with Crippen LogP contribution in [0.2, 0.25) is 0 Å². The van der Waals surface area contributed by atoms with E-state index in [1.54, 1.807) is 11.1 Å². The number of aromatic nitrogens is 2. The third kappa shape index (κ3) is 3.55. The summed E-state index contributed by atoms with van der Waals surface area (Å²) in [5.74, 6) is -0.121. The quantitative estimate of drug-likeness (QED) is 0.627. The molecule has 1 aromatic carbocycles. The minimum Gasteiger partial charge on any atom is -0.390 e. The Balaban J connectivity index is 1.29. The van der Waals surface area contributed by atoms with Gasteiger partial charge in [0.15, 0.2) is 5.65 Å². The van der Waals surface area contributed by atoms with Gasteiger partial charge in [-0.15, -0.1) is 0 Å². The van der Waals surface area contributed by atoms with Crippen LogP contribution in [0, 0.1) is 6.92 Å². The van der Waals surface area contributed by atoms with Crippen molar-refractivity contribution in [3.05, 3.63) is 69.6 Å². The second-order valence-corrected chi connectivity index (χ2v) is 9.24. The molecule has 156 valence electrons. The molecular formula is C23H25BrN4O2. The highest BCUT2D eigenvalue weighted by molar-refractivity contribution is 9.10. The number of pyridine rings is 1. The van der Waals surface area contributed by atoms with Crippen LogP contribution < -0.4 is 0 Å². The van der Waals surface area contributed by atoms with Crippen LogP contribution in [0.4, 0.5) is 0 Å². The maximum Gasteiger partial charge on any atom is 0.274 e. The zero-order valence-corrected chi connectivity index (χ0v) is 18.5. The molecule has 1 N–H and O–H groups in total. The molecule has 0 bridgehead atoms. The van der Waals surface area contributed by atoms with Gasteiger partial charge in [0.2, 0.25) is 0 Å². The van der Waals surface area contributed by atoms with Gasteiger partial charge in [-0.2, -0.15) is 0 Å². The lowest BCUT2D eigenvalue weighted by atomic mass is 9.94. The van der Waals surface area contributed by atoms with Crippen LogP contribution in [0.15, 0.2) is 47.2 Å². The number of β-amino-alcohol motifs (C(OH)–C–C–N with tert-alkyl or cyclic N) is 1. The zero-order valence-electron chi connectivity index (χ0n) is 17.0. The molecule has 1 fully saturated rings. The lowest BCUT2D eigenvalue weighted by molar-refractivity contribution is -0.0139. The number of piperidine rings is 1. The van der Waals surface area contributed by atoms with Gasteiger partial charge in [0.1, 0.15) is 5.69 Å². The molecule has 5 rings (SSSR count). The fourth-order valence-electron chi connectivity index (χ4n) is 4.79. The van der Waals surface area contributed by atoms with Crippen molar-refractivity contribution in [1.82, 2.24) is 19.2 Å². The topological polar surface area (TPSA) is 61.1 Å². The van der Waals surface area contributed by atoms with Gasteiger partial charge in [-0.05, 0) is 58.5 Å². The van der Waals surface area contributed by atoms with Crippen molar-refractivity contribution in [2.45, 2.75) is 38.5 Å². The van der Waals surface area contributed by atoms with Crippen molar-refractivity contribution in [1.29, 1.82) is 0 Å². The first kappa shape index (κ1) is 19.7. The number of hydrogen-bond acceptors (Lipinski definition) is 4. The highest BCUT2D eigenvalue weighted by atomic mass is 79.9. The Hall–Kier alpha value is -2.22. The largest absolute Gasteiger partial charge is 0.390 e. The average Bonchev–Trinajstić information content (AvgIpc) is 3.17. The molecule has 2 aromatic heterocycles. The fraction of sp³-hybridized carbons (Fsp3) is 0.391. The molecule has 6 nitrogen and oxygen atoms in total. The first-order valence-corrected chi connectivity index (χ1v) is 11.2. The van der Waals surface area contributed by atoms with E-state index in [0.717, 1.165) is 41.6 Å². The van der Waals surface area contributed by atoms with Crippen molar-refractivity contribution in [3.8, 4) is 0 Å². The summed E-state index contributed by atoms with van der Waals surface area (Å²) in [4.78, 5) is 21.7. The number of benzene rings is 1. The van der Waals surface area contributed by atoms with Gasteiger partial charge >= 0.3 is 0 Å². The number of carbonyl (C=O) groups excluding carboxylic acids is 1. The van der Waals surface area contributed by atoms with Crippen molar-refractivity contribution in [2.75, 3.05) is 19.6 Å². The number of fused-ring (bicyclic) bond motifs is 2. The summed E-state index contributed by atoms with van der Waals surface area (Å²) >= 11 is 3.53.